The van der Waals surface area contributed by atoms with Crippen molar-refractivity contribution in [3.05, 3.63) is 41.0 Å². The molecule has 0 amide bonds. The lowest BCUT2D eigenvalue weighted by atomic mass is 10.1. The van der Waals surface area contributed by atoms with Crippen LogP contribution < -0.4 is 0 Å². The summed E-state index contributed by atoms with van der Waals surface area (Å²) in [5.41, 5.74) is 2.80. The highest BCUT2D eigenvalue weighted by molar-refractivity contribution is 6.30. The van der Waals surface area contributed by atoms with E-state index in [0.717, 1.165) is 16.8 Å². The molecule has 0 saturated heterocycles. The molecule has 1 aromatic heterocycles. The average Bonchev–Trinajstić information content (AvgIpc) is 2.77. The summed E-state index contributed by atoms with van der Waals surface area (Å²) < 4.78 is 1.94. The molecule has 0 saturated carbocycles. The minimum absolute atomic E-state index is 0.0105. The predicted molar refractivity (Wildman–Crippen MR) is 69.0 cm³/mol. The van der Waals surface area contributed by atoms with Crippen molar-refractivity contribution in [1.82, 2.24) is 9.78 Å². The third-order valence-electron chi connectivity index (χ3n) is 2.60. The molecule has 0 bridgehead atoms. The van der Waals surface area contributed by atoms with Crippen LogP contribution >= 0.6 is 11.6 Å². The van der Waals surface area contributed by atoms with Gasteiger partial charge in [0.15, 0.2) is 0 Å². The molecule has 3 nitrogen and oxygen atoms in total. The minimum Gasteiger partial charge on any atom is -0.392 e. The first-order valence-electron chi connectivity index (χ1n) is 5.56. The molecule has 0 spiro atoms. The van der Waals surface area contributed by atoms with Crippen LogP contribution in [0.2, 0.25) is 5.02 Å². The Kier molecular flexibility index (Phi) is 3.50. The highest BCUT2D eigenvalue weighted by Crippen LogP contribution is 2.26. The predicted octanol–water partition coefficient (Wildman–Crippen LogP) is 3.28. The first kappa shape index (κ1) is 12.1. The van der Waals surface area contributed by atoms with Crippen LogP contribution in [0.1, 0.15) is 25.5 Å². The molecule has 1 aromatic carbocycles. The van der Waals surface area contributed by atoms with Crippen molar-refractivity contribution >= 4 is 11.6 Å². The maximum Gasteiger partial charge on any atom is 0.0685 e. The van der Waals surface area contributed by atoms with E-state index in [4.69, 9.17) is 11.6 Å². The maximum atomic E-state index is 9.18. The quantitative estimate of drug-likeness (QED) is 0.908. The van der Waals surface area contributed by atoms with Crippen LogP contribution in [0.5, 0.6) is 0 Å². The third kappa shape index (κ3) is 2.51. The van der Waals surface area contributed by atoms with Gasteiger partial charge in [-0.15, -0.1) is 0 Å². The first-order chi connectivity index (χ1) is 8.11. The Morgan fingerprint density at radius 2 is 2.12 bits per heavy atom. The number of nitrogens with zero attached hydrogens (tertiary/aromatic N) is 2. The molecule has 90 valence electrons. The Bertz CT molecular complexity index is 520. The van der Waals surface area contributed by atoms with Crippen LogP contribution in [0, 0.1) is 0 Å². The first-order valence-corrected chi connectivity index (χ1v) is 5.94. The number of hydrogen-bond acceptors (Lipinski definition) is 2. The molecule has 0 fully saturated rings. The van der Waals surface area contributed by atoms with E-state index in [0.29, 0.717) is 5.02 Å². The van der Waals surface area contributed by atoms with Gasteiger partial charge in [0.05, 0.1) is 12.3 Å². The monoisotopic (exact) mass is 250 g/mol. The van der Waals surface area contributed by atoms with Gasteiger partial charge in [-0.25, -0.2) is 0 Å². The maximum absolute atomic E-state index is 9.18. The van der Waals surface area contributed by atoms with E-state index >= 15 is 0 Å². The molecule has 2 rings (SSSR count). The molecule has 2 aromatic rings. The van der Waals surface area contributed by atoms with Crippen molar-refractivity contribution in [3.63, 3.8) is 0 Å². The molecule has 0 unspecified atom stereocenters. The van der Waals surface area contributed by atoms with Crippen molar-refractivity contribution in [3.8, 4) is 11.3 Å². The standard InChI is InChI=1S/C13H15ClN2O/c1-9(2)16-13(3-4-15-16)11-5-10(8-17)6-12(14)7-11/h3-7,9,17H,8H2,1-2H3. The SMILES string of the molecule is CC(C)n1nccc1-c1cc(Cl)cc(CO)c1. The van der Waals surface area contributed by atoms with Crippen LogP contribution in [0.25, 0.3) is 11.3 Å². The van der Waals surface area contributed by atoms with Crippen LogP contribution in [0.3, 0.4) is 0 Å². The van der Waals surface area contributed by atoms with Crippen LogP contribution in [-0.2, 0) is 6.61 Å². The molecule has 1 N–H and O–H groups in total. The Morgan fingerprint density at radius 1 is 1.35 bits per heavy atom. The smallest absolute Gasteiger partial charge is 0.0685 e. The van der Waals surface area contributed by atoms with E-state index in [1.54, 1.807) is 12.3 Å². The third-order valence-corrected chi connectivity index (χ3v) is 2.81. The summed E-state index contributed by atoms with van der Waals surface area (Å²) in [6.45, 7) is 4.14. The molecule has 1 heterocycles. The summed E-state index contributed by atoms with van der Waals surface area (Å²) in [4.78, 5) is 0. The molecule has 0 atom stereocenters. The number of halogens is 1. The van der Waals surface area contributed by atoms with Gasteiger partial charge in [0.2, 0.25) is 0 Å². The average molecular weight is 251 g/mol. The summed E-state index contributed by atoms with van der Waals surface area (Å²) >= 11 is 6.04. The summed E-state index contributed by atoms with van der Waals surface area (Å²) in [5, 5.41) is 14.1. The fraction of sp³-hybridized carbons (Fsp3) is 0.308. The van der Waals surface area contributed by atoms with Crippen LogP contribution in [-0.4, -0.2) is 14.9 Å². The lowest BCUT2D eigenvalue weighted by molar-refractivity contribution is 0.282. The summed E-state index contributed by atoms with van der Waals surface area (Å²) in [7, 11) is 0. The fourth-order valence-corrected chi connectivity index (χ4v) is 2.10. The van der Waals surface area contributed by atoms with Crippen LogP contribution in [0.15, 0.2) is 30.5 Å². The van der Waals surface area contributed by atoms with E-state index in [-0.39, 0.29) is 12.6 Å². The Balaban J connectivity index is 2.52. The van der Waals surface area contributed by atoms with Gasteiger partial charge in [-0.2, -0.15) is 5.10 Å². The molecule has 0 radical (unpaired) electrons. The van der Waals surface area contributed by atoms with Gasteiger partial charge in [0, 0.05) is 22.8 Å². The lowest BCUT2D eigenvalue weighted by Gasteiger charge is -2.12. The zero-order valence-corrected chi connectivity index (χ0v) is 10.6. The van der Waals surface area contributed by atoms with Gasteiger partial charge >= 0.3 is 0 Å². The summed E-state index contributed by atoms with van der Waals surface area (Å²) in [5.74, 6) is 0. The zero-order valence-electron chi connectivity index (χ0n) is 9.89. The van der Waals surface area contributed by atoms with Crippen molar-refractivity contribution in [2.45, 2.75) is 26.5 Å². The van der Waals surface area contributed by atoms with Gasteiger partial charge in [0.25, 0.3) is 0 Å². The highest BCUT2D eigenvalue weighted by Gasteiger charge is 2.09. The van der Waals surface area contributed by atoms with Gasteiger partial charge in [-0.1, -0.05) is 11.6 Å². The molecule has 4 heteroatoms. The second-order valence-corrected chi connectivity index (χ2v) is 4.70. The highest BCUT2D eigenvalue weighted by atomic mass is 35.5. The molecule has 17 heavy (non-hydrogen) atoms. The zero-order chi connectivity index (χ0) is 12.4. The number of aromatic nitrogens is 2. The molecular formula is C13H15ClN2O. The summed E-state index contributed by atoms with van der Waals surface area (Å²) in [6, 6.07) is 7.82. The van der Waals surface area contributed by atoms with Crippen molar-refractivity contribution < 1.29 is 5.11 Å². The minimum atomic E-state index is -0.0105. The number of aliphatic hydroxyl groups excluding tert-OH is 1. The van der Waals surface area contributed by atoms with Gasteiger partial charge in [0.1, 0.15) is 0 Å². The second kappa shape index (κ2) is 4.90. The van der Waals surface area contributed by atoms with E-state index in [1.165, 1.54) is 0 Å². The summed E-state index contributed by atoms with van der Waals surface area (Å²) in [6.07, 6.45) is 1.77. The van der Waals surface area contributed by atoms with E-state index < -0.39 is 0 Å². The topological polar surface area (TPSA) is 38.0 Å². The van der Waals surface area contributed by atoms with E-state index in [9.17, 15) is 5.11 Å². The Hall–Kier alpha value is -1.32. The largest absolute Gasteiger partial charge is 0.392 e. The second-order valence-electron chi connectivity index (χ2n) is 4.26. The molecule has 0 aliphatic heterocycles. The van der Waals surface area contributed by atoms with Gasteiger partial charge in [-0.05, 0) is 43.7 Å². The van der Waals surface area contributed by atoms with Crippen molar-refractivity contribution in [2.75, 3.05) is 0 Å². The number of benzene rings is 1. The number of hydrogen-bond donors (Lipinski definition) is 1. The lowest BCUT2D eigenvalue weighted by Crippen LogP contribution is -2.04. The van der Waals surface area contributed by atoms with E-state index in [1.807, 2.05) is 22.9 Å². The molecule has 0 aliphatic carbocycles. The Morgan fingerprint density at radius 3 is 2.76 bits per heavy atom. The normalized spacial score (nSPS) is 11.1. The van der Waals surface area contributed by atoms with Crippen LogP contribution in [0.4, 0.5) is 0 Å². The number of aliphatic hydroxyl groups is 1. The molecular weight excluding hydrogens is 236 g/mol. The van der Waals surface area contributed by atoms with Gasteiger partial charge in [-0.3, -0.25) is 4.68 Å². The van der Waals surface area contributed by atoms with E-state index in [2.05, 4.69) is 18.9 Å². The Labute approximate surface area is 106 Å². The van der Waals surface area contributed by atoms with Crippen molar-refractivity contribution in [1.29, 1.82) is 0 Å². The fourth-order valence-electron chi connectivity index (χ4n) is 1.84. The van der Waals surface area contributed by atoms with Gasteiger partial charge < -0.3 is 5.11 Å². The van der Waals surface area contributed by atoms with Crippen molar-refractivity contribution in [2.24, 2.45) is 0 Å². The number of rotatable bonds is 3. The molecule has 0 aliphatic rings.